The Labute approximate surface area is 176 Å². The van der Waals surface area contributed by atoms with Crippen molar-refractivity contribution in [1.29, 1.82) is 0 Å². The van der Waals surface area contributed by atoms with Gasteiger partial charge < -0.3 is 24.3 Å². The van der Waals surface area contributed by atoms with Crippen molar-refractivity contribution in [3.63, 3.8) is 0 Å². The minimum Gasteiger partial charge on any atom is -0.395 e. The summed E-state index contributed by atoms with van der Waals surface area (Å²) >= 11 is 0. The molecule has 2 amide bonds. The molecule has 0 aliphatic carbocycles. The van der Waals surface area contributed by atoms with Crippen LogP contribution in [0.5, 0.6) is 11.5 Å². The van der Waals surface area contributed by atoms with Gasteiger partial charge in [0.2, 0.25) is 11.8 Å². The van der Waals surface area contributed by atoms with Gasteiger partial charge in [-0.05, 0) is 29.3 Å². The Morgan fingerprint density at radius 1 is 1.16 bits per heavy atom. The number of halogens is 2. The molecule has 1 fully saturated rings. The van der Waals surface area contributed by atoms with Gasteiger partial charge in [-0.25, -0.2) is 0 Å². The molecule has 7 nitrogen and oxygen atoms in total. The molecule has 2 aromatic carbocycles. The van der Waals surface area contributed by atoms with Crippen LogP contribution in [0.15, 0.2) is 42.5 Å². The highest BCUT2D eigenvalue weighted by Gasteiger charge is 2.48. The van der Waals surface area contributed by atoms with Crippen LogP contribution in [0.2, 0.25) is 0 Å². The smallest absolute Gasteiger partial charge is 0.395 e. The van der Waals surface area contributed by atoms with E-state index >= 15 is 0 Å². The number of carbonyl (C=O) groups is 2. The van der Waals surface area contributed by atoms with Crippen molar-refractivity contribution in [2.24, 2.45) is 0 Å². The number of hydrogen-bond donors (Lipinski definition) is 1. The largest absolute Gasteiger partial charge is 0.586 e. The molecule has 31 heavy (non-hydrogen) atoms. The van der Waals surface area contributed by atoms with Gasteiger partial charge in [-0.2, -0.15) is 0 Å². The van der Waals surface area contributed by atoms with Crippen LogP contribution in [0.3, 0.4) is 0 Å². The average molecular weight is 427 g/mol. The first-order valence-electron chi connectivity index (χ1n) is 10.3. The molecule has 1 saturated heterocycles. The standard InChI is InChI=1S/C22H17F2N3O4/c1-26-10-18(28)27-15(21(26)29)9-13-12-4-2-3-5-14(12)25-19(13)20(27)11-6-7-16-17(8-11)31-22(23,24)30-16/h2-8,15,20,25H,9-10H2,1H3/t15-,20-/m1/s1/i1+1,20D. The van der Waals surface area contributed by atoms with Gasteiger partial charge in [-0.1, -0.05) is 24.3 Å². The minimum absolute atomic E-state index is 0.160. The lowest BCUT2D eigenvalue weighted by atomic mass is 9.86. The zero-order valence-corrected chi connectivity index (χ0v) is 16.3. The number of amides is 2. The number of likely N-dealkylation sites (N-methyl/N-ethyl adjacent to an activating group) is 1. The molecule has 3 aliphatic rings. The molecule has 6 rings (SSSR count). The number of benzene rings is 2. The van der Waals surface area contributed by atoms with E-state index in [4.69, 9.17) is 0 Å². The van der Waals surface area contributed by atoms with Gasteiger partial charge in [0, 0.05) is 30.1 Å². The van der Waals surface area contributed by atoms with E-state index in [1.807, 2.05) is 24.3 Å². The maximum absolute atomic E-state index is 13.6. The Morgan fingerprint density at radius 2 is 1.94 bits per heavy atom. The number of nitrogens with zero attached hydrogens (tertiary/aromatic N) is 2. The number of nitrogens with one attached hydrogen (secondary N) is 1. The molecule has 1 aromatic heterocycles. The normalized spacial score (nSPS) is 26.7. The van der Waals surface area contributed by atoms with E-state index in [1.54, 1.807) is 7.05 Å². The highest BCUT2D eigenvalue weighted by atomic mass is 19.3. The Balaban J connectivity index is 1.61. The summed E-state index contributed by atoms with van der Waals surface area (Å²) in [4.78, 5) is 32.1. The summed E-state index contributed by atoms with van der Waals surface area (Å²) in [6.45, 7) is -0.172. The lowest BCUT2D eigenvalue weighted by Gasteiger charge is -2.46. The number of hydrogen-bond acceptors (Lipinski definition) is 4. The van der Waals surface area contributed by atoms with Crippen molar-refractivity contribution in [3.05, 3.63) is 59.3 Å². The lowest BCUT2D eigenvalue weighted by molar-refractivity contribution is -0.286. The zero-order chi connectivity index (χ0) is 22.4. The number of aromatic amines is 1. The number of aromatic nitrogens is 1. The third-order valence-electron chi connectivity index (χ3n) is 5.98. The van der Waals surface area contributed by atoms with Gasteiger partial charge in [-0.3, -0.25) is 9.59 Å². The molecule has 4 heterocycles. The van der Waals surface area contributed by atoms with Crippen LogP contribution in [0.25, 0.3) is 10.9 Å². The van der Waals surface area contributed by atoms with Crippen LogP contribution in [0.4, 0.5) is 8.78 Å². The van der Waals surface area contributed by atoms with Crippen molar-refractivity contribution in [3.8, 4) is 11.5 Å². The molecule has 0 spiro atoms. The number of piperazine rings is 1. The molecular formula is C22H17F2N3O4. The lowest BCUT2D eigenvalue weighted by Crippen LogP contribution is -2.62. The number of para-hydroxylation sites is 1. The fourth-order valence-corrected chi connectivity index (χ4v) is 4.66. The van der Waals surface area contributed by atoms with Crippen molar-refractivity contribution < 1.29 is 29.2 Å². The van der Waals surface area contributed by atoms with E-state index in [0.717, 1.165) is 16.5 Å². The third kappa shape index (κ3) is 2.55. The monoisotopic (exact) mass is 427 g/mol. The summed E-state index contributed by atoms with van der Waals surface area (Å²) in [5.41, 5.74) is 2.14. The highest BCUT2D eigenvalue weighted by Crippen LogP contribution is 2.46. The summed E-state index contributed by atoms with van der Waals surface area (Å²) in [6, 6.07) is 8.70. The van der Waals surface area contributed by atoms with Crippen LogP contribution in [-0.2, 0) is 16.0 Å². The summed E-state index contributed by atoms with van der Waals surface area (Å²) < 4.78 is 45.8. The summed E-state index contributed by atoms with van der Waals surface area (Å²) in [5, 5.41) is 0.847. The van der Waals surface area contributed by atoms with E-state index in [9.17, 15) is 19.7 Å². The maximum atomic E-state index is 13.6. The predicted molar refractivity (Wildman–Crippen MR) is 105 cm³/mol. The maximum Gasteiger partial charge on any atom is 0.586 e. The first-order valence-corrected chi connectivity index (χ1v) is 9.76. The number of H-pyrrole nitrogens is 1. The first-order chi connectivity index (χ1) is 15.2. The number of ether oxygens (including phenoxy) is 2. The van der Waals surface area contributed by atoms with Crippen LogP contribution >= 0.6 is 0 Å². The molecule has 3 aromatic rings. The van der Waals surface area contributed by atoms with Gasteiger partial charge in [0.05, 0.1) is 13.9 Å². The quantitative estimate of drug-likeness (QED) is 0.606. The van der Waals surface area contributed by atoms with Crippen molar-refractivity contribution >= 4 is 22.7 Å². The second kappa shape index (κ2) is 5.96. The number of alkyl halides is 2. The molecule has 1 N–H and O–H groups in total. The third-order valence-corrected chi connectivity index (χ3v) is 5.98. The Kier molecular flexibility index (Phi) is 3.29. The van der Waals surface area contributed by atoms with Gasteiger partial charge in [-0.15, -0.1) is 8.78 Å². The average Bonchev–Trinajstić information content (AvgIpc) is 3.27. The number of carbonyl (C=O) groups excluding carboxylic acids is 2. The second-order valence-electron chi connectivity index (χ2n) is 7.88. The molecule has 9 heteroatoms. The summed E-state index contributed by atoms with van der Waals surface area (Å²) in [6.07, 6.45) is -3.56. The minimum atomic E-state index is -3.81. The molecule has 158 valence electrons. The summed E-state index contributed by atoms with van der Waals surface area (Å²) in [5.74, 6) is -1.07. The molecule has 0 unspecified atom stereocenters. The van der Waals surface area contributed by atoms with Crippen LogP contribution < -0.4 is 9.47 Å². The van der Waals surface area contributed by atoms with Crippen molar-refractivity contribution in [2.45, 2.75) is 24.8 Å². The van der Waals surface area contributed by atoms with Gasteiger partial charge in [0.25, 0.3) is 0 Å². The molecule has 0 bridgehead atoms. The van der Waals surface area contributed by atoms with Gasteiger partial charge in [0.15, 0.2) is 11.5 Å². The Bertz CT molecular complexity index is 1330. The topological polar surface area (TPSA) is 74.9 Å². The fraction of sp³-hybridized carbons (Fsp3) is 0.273. The Hall–Kier alpha value is -3.62. The van der Waals surface area contributed by atoms with E-state index < -0.39 is 24.3 Å². The van der Waals surface area contributed by atoms with Crippen LogP contribution in [0.1, 0.15) is 24.2 Å². The highest BCUT2D eigenvalue weighted by molar-refractivity contribution is 5.97. The van der Waals surface area contributed by atoms with Crippen molar-refractivity contribution in [2.75, 3.05) is 13.6 Å². The van der Waals surface area contributed by atoms with Crippen LogP contribution in [-0.4, -0.2) is 52.5 Å². The van der Waals surface area contributed by atoms with Gasteiger partial charge >= 0.3 is 6.29 Å². The van der Waals surface area contributed by atoms with E-state index in [0.29, 0.717) is 5.69 Å². The van der Waals surface area contributed by atoms with E-state index in [2.05, 4.69) is 14.5 Å². The molecular weight excluding hydrogens is 409 g/mol. The SMILES string of the molecule is [2H][C@@]1(c2ccc3c(c2)OC(F)(F)O3)c2[nH]c3ccccc3c2C[C@@H]2C(=O)N([13CH3])CC(=O)N21. The van der Waals surface area contributed by atoms with Crippen LogP contribution in [0, 0.1) is 0 Å². The van der Waals surface area contributed by atoms with Crippen molar-refractivity contribution in [1.82, 2.24) is 14.8 Å². The number of rotatable bonds is 1. The fourth-order valence-electron chi connectivity index (χ4n) is 4.66. The molecule has 0 radical (unpaired) electrons. The Morgan fingerprint density at radius 3 is 2.77 bits per heavy atom. The molecule has 0 saturated carbocycles. The van der Waals surface area contributed by atoms with E-state index in [1.165, 1.54) is 28.0 Å². The summed E-state index contributed by atoms with van der Waals surface area (Å²) in [7, 11) is 1.55. The van der Waals surface area contributed by atoms with E-state index in [-0.39, 0.29) is 35.9 Å². The number of fused-ring (bicyclic) bond motifs is 5. The second-order valence-corrected chi connectivity index (χ2v) is 7.88. The molecule has 2 atom stereocenters. The zero-order valence-electron chi connectivity index (χ0n) is 17.3. The molecule has 3 aliphatic heterocycles. The predicted octanol–water partition coefficient (Wildman–Crippen LogP) is 2.80. The first kappa shape index (κ1) is 17.1. The van der Waals surface area contributed by atoms with Gasteiger partial charge in [0.1, 0.15) is 6.04 Å².